The predicted molar refractivity (Wildman–Crippen MR) is 51.7 cm³/mol. The van der Waals surface area contributed by atoms with Gasteiger partial charge in [-0.15, -0.1) is 0 Å². The van der Waals surface area contributed by atoms with Gasteiger partial charge in [0.2, 0.25) is 0 Å². The quantitative estimate of drug-likeness (QED) is 0.723. The molecule has 13 heavy (non-hydrogen) atoms. The lowest BCUT2D eigenvalue weighted by molar-refractivity contribution is -0.142. The predicted octanol–water partition coefficient (Wildman–Crippen LogP) is 1.58. The average Bonchev–Trinajstić information content (AvgIpc) is 2.47. The van der Waals surface area contributed by atoms with Gasteiger partial charge in [0.1, 0.15) is 6.04 Å². The summed E-state index contributed by atoms with van der Waals surface area (Å²) in [6, 6.07) is -0.209. The van der Waals surface area contributed by atoms with Gasteiger partial charge in [-0.1, -0.05) is 13.8 Å². The van der Waals surface area contributed by atoms with Gasteiger partial charge in [0.05, 0.1) is 0 Å². The van der Waals surface area contributed by atoms with Crippen LogP contribution in [0.15, 0.2) is 0 Å². The minimum atomic E-state index is -0.652. The van der Waals surface area contributed by atoms with E-state index in [9.17, 15) is 4.79 Å². The Morgan fingerprint density at radius 3 is 2.85 bits per heavy atom. The lowest BCUT2D eigenvalue weighted by atomic mass is 10.1. The van der Waals surface area contributed by atoms with E-state index in [0.717, 1.165) is 32.4 Å². The molecule has 0 saturated carbocycles. The smallest absolute Gasteiger partial charge is 0.320 e. The first kappa shape index (κ1) is 10.5. The summed E-state index contributed by atoms with van der Waals surface area (Å²) in [6.45, 7) is 6.25. The molecule has 0 aromatic rings. The van der Waals surface area contributed by atoms with Crippen molar-refractivity contribution in [1.82, 2.24) is 4.90 Å². The number of hydrogen-bond donors (Lipinski definition) is 1. The van der Waals surface area contributed by atoms with Crippen molar-refractivity contribution in [3.63, 3.8) is 0 Å². The summed E-state index contributed by atoms with van der Waals surface area (Å²) < 4.78 is 0. The first-order valence-corrected chi connectivity index (χ1v) is 5.08. The molecular formula is C10H19NO2. The summed E-state index contributed by atoms with van der Waals surface area (Å²) in [5.74, 6) is 0.0105. The van der Waals surface area contributed by atoms with Crippen LogP contribution in [-0.4, -0.2) is 35.1 Å². The number of rotatable bonds is 4. The monoisotopic (exact) mass is 185 g/mol. The highest BCUT2D eigenvalue weighted by molar-refractivity contribution is 5.73. The Hall–Kier alpha value is -0.570. The van der Waals surface area contributed by atoms with E-state index >= 15 is 0 Å². The van der Waals surface area contributed by atoms with Gasteiger partial charge in [0.25, 0.3) is 0 Å². The molecule has 1 fully saturated rings. The van der Waals surface area contributed by atoms with Crippen LogP contribution in [0.1, 0.15) is 33.1 Å². The number of carbonyl (C=O) groups is 1. The second-order valence-electron chi connectivity index (χ2n) is 4.21. The van der Waals surface area contributed by atoms with Crippen LogP contribution in [-0.2, 0) is 4.79 Å². The molecule has 1 saturated heterocycles. The lowest BCUT2D eigenvalue weighted by Crippen LogP contribution is -2.36. The van der Waals surface area contributed by atoms with Crippen LogP contribution in [0.5, 0.6) is 0 Å². The van der Waals surface area contributed by atoms with Crippen LogP contribution in [0.25, 0.3) is 0 Å². The van der Waals surface area contributed by atoms with E-state index in [1.54, 1.807) is 0 Å². The molecule has 0 bridgehead atoms. The van der Waals surface area contributed by atoms with E-state index in [1.807, 2.05) is 0 Å². The van der Waals surface area contributed by atoms with E-state index in [2.05, 4.69) is 18.7 Å². The lowest BCUT2D eigenvalue weighted by Gasteiger charge is -2.21. The second-order valence-corrected chi connectivity index (χ2v) is 4.21. The summed E-state index contributed by atoms with van der Waals surface area (Å²) >= 11 is 0. The Bertz CT molecular complexity index is 180. The molecule has 0 spiro atoms. The Kier molecular flexibility index (Phi) is 3.72. The molecule has 1 N–H and O–H groups in total. The van der Waals surface area contributed by atoms with Gasteiger partial charge in [-0.05, 0) is 38.3 Å². The summed E-state index contributed by atoms with van der Waals surface area (Å²) in [6.07, 6.45) is 2.96. The van der Waals surface area contributed by atoms with Gasteiger partial charge in [0.15, 0.2) is 0 Å². The fourth-order valence-electron chi connectivity index (χ4n) is 1.80. The van der Waals surface area contributed by atoms with Crippen molar-refractivity contribution in [3.8, 4) is 0 Å². The fraction of sp³-hybridized carbons (Fsp3) is 0.900. The van der Waals surface area contributed by atoms with E-state index in [1.165, 1.54) is 0 Å². The number of likely N-dealkylation sites (tertiary alicyclic amines) is 1. The summed E-state index contributed by atoms with van der Waals surface area (Å²) in [4.78, 5) is 12.9. The average molecular weight is 185 g/mol. The zero-order valence-corrected chi connectivity index (χ0v) is 8.49. The molecule has 3 heteroatoms. The second kappa shape index (κ2) is 4.61. The van der Waals surface area contributed by atoms with E-state index in [4.69, 9.17) is 5.11 Å². The molecule has 0 aromatic carbocycles. The molecule has 1 rings (SSSR count). The highest BCUT2D eigenvalue weighted by Gasteiger charge is 2.29. The minimum Gasteiger partial charge on any atom is -0.480 e. The van der Waals surface area contributed by atoms with E-state index in [-0.39, 0.29) is 6.04 Å². The Balaban J connectivity index is 2.35. The van der Waals surface area contributed by atoms with Gasteiger partial charge < -0.3 is 5.11 Å². The fourth-order valence-corrected chi connectivity index (χ4v) is 1.80. The molecule has 0 amide bonds. The molecule has 0 aromatic heterocycles. The highest BCUT2D eigenvalue weighted by atomic mass is 16.4. The van der Waals surface area contributed by atoms with Crippen LogP contribution >= 0.6 is 0 Å². The highest BCUT2D eigenvalue weighted by Crippen LogP contribution is 2.18. The van der Waals surface area contributed by atoms with Gasteiger partial charge in [-0.25, -0.2) is 0 Å². The van der Waals surface area contributed by atoms with E-state index in [0.29, 0.717) is 5.92 Å². The van der Waals surface area contributed by atoms with Crippen molar-refractivity contribution < 1.29 is 9.90 Å². The maximum Gasteiger partial charge on any atom is 0.320 e. The van der Waals surface area contributed by atoms with Crippen molar-refractivity contribution >= 4 is 5.97 Å². The third-order valence-electron chi connectivity index (χ3n) is 2.64. The van der Waals surface area contributed by atoms with Gasteiger partial charge in [0, 0.05) is 0 Å². The van der Waals surface area contributed by atoms with Crippen molar-refractivity contribution in [1.29, 1.82) is 0 Å². The van der Waals surface area contributed by atoms with Gasteiger partial charge in [-0.3, -0.25) is 9.69 Å². The van der Waals surface area contributed by atoms with Crippen LogP contribution in [0.4, 0.5) is 0 Å². The molecule has 1 atom stereocenters. The first-order chi connectivity index (χ1) is 6.11. The normalized spacial score (nSPS) is 24.1. The standard InChI is InChI=1S/C10H19NO2/c1-8(2)5-7-11-6-3-4-9(11)10(12)13/h8-9H,3-7H2,1-2H3,(H,12,13). The topological polar surface area (TPSA) is 40.5 Å². The number of hydrogen-bond acceptors (Lipinski definition) is 2. The summed E-state index contributed by atoms with van der Waals surface area (Å²) in [7, 11) is 0. The Morgan fingerprint density at radius 2 is 2.31 bits per heavy atom. The van der Waals surface area contributed by atoms with Crippen LogP contribution in [0, 0.1) is 5.92 Å². The number of carboxylic acid groups (broad SMARTS) is 1. The first-order valence-electron chi connectivity index (χ1n) is 5.08. The van der Waals surface area contributed by atoms with Crippen molar-refractivity contribution in [2.24, 2.45) is 5.92 Å². The molecular weight excluding hydrogens is 166 g/mol. The largest absolute Gasteiger partial charge is 0.480 e. The summed E-state index contributed by atoms with van der Waals surface area (Å²) in [5, 5.41) is 8.91. The zero-order valence-electron chi connectivity index (χ0n) is 8.49. The Morgan fingerprint density at radius 1 is 1.62 bits per heavy atom. The summed E-state index contributed by atoms with van der Waals surface area (Å²) in [5.41, 5.74) is 0. The van der Waals surface area contributed by atoms with Crippen LogP contribution in [0.3, 0.4) is 0 Å². The molecule has 76 valence electrons. The van der Waals surface area contributed by atoms with Gasteiger partial charge >= 0.3 is 5.97 Å². The SMILES string of the molecule is CC(C)CCN1CCCC1C(=O)O. The van der Waals surface area contributed by atoms with Crippen molar-refractivity contribution in [2.75, 3.05) is 13.1 Å². The zero-order chi connectivity index (χ0) is 9.84. The number of aliphatic carboxylic acids is 1. The van der Waals surface area contributed by atoms with E-state index < -0.39 is 5.97 Å². The molecule has 1 heterocycles. The van der Waals surface area contributed by atoms with Crippen molar-refractivity contribution in [2.45, 2.75) is 39.2 Å². The Labute approximate surface area is 79.7 Å². The molecule has 0 aliphatic carbocycles. The number of nitrogens with zero attached hydrogens (tertiary/aromatic N) is 1. The number of carboxylic acids is 1. The maximum absolute atomic E-state index is 10.8. The van der Waals surface area contributed by atoms with Crippen molar-refractivity contribution in [3.05, 3.63) is 0 Å². The third kappa shape index (κ3) is 2.99. The molecule has 1 unspecified atom stereocenters. The minimum absolute atomic E-state index is 0.209. The van der Waals surface area contributed by atoms with Crippen LogP contribution < -0.4 is 0 Å². The molecule has 3 nitrogen and oxygen atoms in total. The molecule has 1 aliphatic rings. The molecule has 1 aliphatic heterocycles. The molecule has 0 radical (unpaired) electrons. The van der Waals surface area contributed by atoms with Gasteiger partial charge in [-0.2, -0.15) is 0 Å². The third-order valence-corrected chi connectivity index (χ3v) is 2.64. The maximum atomic E-state index is 10.8. The van der Waals surface area contributed by atoms with Crippen LogP contribution in [0.2, 0.25) is 0 Å².